The molecule has 1 amide bonds. The van der Waals surface area contributed by atoms with Gasteiger partial charge in [-0.2, -0.15) is 4.98 Å². The van der Waals surface area contributed by atoms with Crippen molar-refractivity contribution in [2.75, 3.05) is 32.8 Å². The maximum Gasteiger partial charge on any atom is 0.232 e. The second-order valence-corrected chi connectivity index (χ2v) is 7.50. The van der Waals surface area contributed by atoms with E-state index in [4.69, 9.17) is 18.7 Å². The van der Waals surface area contributed by atoms with Crippen LogP contribution < -0.4 is 19.1 Å². The van der Waals surface area contributed by atoms with E-state index in [-0.39, 0.29) is 17.2 Å². The molecule has 1 atom stereocenters. The molecule has 1 aliphatic rings. The zero-order chi connectivity index (χ0) is 19.8. The van der Waals surface area contributed by atoms with Crippen molar-refractivity contribution in [2.24, 2.45) is 0 Å². The molecular formula is C19H25N3O5. The van der Waals surface area contributed by atoms with Crippen LogP contribution in [-0.4, -0.2) is 43.9 Å². The number of nitrogens with zero attached hydrogens (tertiary/aromatic N) is 3. The van der Waals surface area contributed by atoms with E-state index in [2.05, 4.69) is 10.1 Å². The second-order valence-electron chi connectivity index (χ2n) is 7.50. The molecule has 2 heterocycles. The fourth-order valence-electron chi connectivity index (χ4n) is 3.05. The highest BCUT2D eigenvalue weighted by Gasteiger charge is 2.36. The number of methoxy groups -OCH3 is 3. The van der Waals surface area contributed by atoms with Gasteiger partial charge in [-0.25, -0.2) is 0 Å². The van der Waals surface area contributed by atoms with Gasteiger partial charge in [-0.05, 0) is 0 Å². The number of hydrogen-bond donors (Lipinski definition) is 0. The molecule has 0 bridgehead atoms. The third kappa shape index (κ3) is 3.56. The maximum absolute atomic E-state index is 12.6. The van der Waals surface area contributed by atoms with Crippen LogP contribution >= 0.6 is 0 Å². The van der Waals surface area contributed by atoms with Crippen LogP contribution in [0.1, 0.15) is 44.8 Å². The molecule has 146 valence electrons. The van der Waals surface area contributed by atoms with Gasteiger partial charge in [0.15, 0.2) is 17.3 Å². The van der Waals surface area contributed by atoms with Gasteiger partial charge >= 0.3 is 0 Å². The smallest absolute Gasteiger partial charge is 0.232 e. The highest BCUT2D eigenvalue weighted by molar-refractivity contribution is 5.97. The van der Waals surface area contributed by atoms with Crippen LogP contribution in [0, 0.1) is 0 Å². The van der Waals surface area contributed by atoms with E-state index in [9.17, 15) is 4.79 Å². The largest absolute Gasteiger partial charge is 0.493 e. The van der Waals surface area contributed by atoms with Crippen molar-refractivity contribution in [3.05, 3.63) is 23.8 Å². The van der Waals surface area contributed by atoms with Crippen molar-refractivity contribution in [2.45, 2.75) is 38.5 Å². The quantitative estimate of drug-likeness (QED) is 0.794. The Hall–Kier alpha value is -2.77. The molecule has 0 saturated carbocycles. The van der Waals surface area contributed by atoms with Gasteiger partial charge in [-0.15, -0.1) is 0 Å². The Morgan fingerprint density at radius 3 is 2.22 bits per heavy atom. The van der Waals surface area contributed by atoms with Gasteiger partial charge in [-0.3, -0.25) is 4.79 Å². The lowest BCUT2D eigenvalue weighted by Crippen LogP contribution is -2.24. The zero-order valence-corrected chi connectivity index (χ0v) is 16.5. The number of ether oxygens (including phenoxy) is 3. The van der Waals surface area contributed by atoms with Crippen LogP contribution in [0.3, 0.4) is 0 Å². The molecule has 1 aromatic carbocycles. The SMILES string of the molecule is COc1cc(N2CC(c3nc(C(C)(C)C)no3)CC2=O)cc(OC)c1OC. The summed E-state index contributed by atoms with van der Waals surface area (Å²) in [6.07, 6.45) is 0.308. The number of aromatic nitrogens is 2. The molecule has 1 unspecified atom stereocenters. The number of benzene rings is 1. The zero-order valence-electron chi connectivity index (χ0n) is 16.5. The number of anilines is 1. The van der Waals surface area contributed by atoms with Crippen molar-refractivity contribution in [3.63, 3.8) is 0 Å². The first-order chi connectivity index (χ1) is 12.8. The molecule has 1 saturated heterocycles. The molecule has 0 aliphatic carbocycles. The molecule has 1 fully saturated rings. The van der Waals surface area contributed by atoms with E-state index < -0.39 is 0 Å². The number of amides is 1. The van der Waals surface area contributed by atoms with E-state index in [1.165, 1.54) is 0 Å². The Labute approximate surface area is 158 Å². The minimum atomic E-state index is -0.208. The Balaban J connectivity index is 1.89. The number of rotatable bonds is 5. The normalized spacial score (nSPS) is 17.3. The molecule has 1 aromatic heterocycles. The minimum absolute atomic E-state index is 0.0234. The number of hydrogen-bond acceptors (Lipinski definition) is 7. The molecule has 27 heavy (non-hydrogen) atoms. The van der Waals surface area contributed by atoms with Gasteiger partial charge in [0.25, 0.3) is 0 Å². The molecule has 8 heteroatoms. The Bertz CT molecular complexity index is 815. The Morgan fingerprint density at radius 1 is 1.11 bits per heavy atom. The van der Waals surface area contributed by atoms with Crippen LogP contribution in [-0.2, 0) is 10.2 Å². The van der Waals surface area contributed by atoms with E-state index in [1.807, 2.05) is 20.8 Å². The van der Waals surface area contributed by atoms with Crippen molar-refractivity contribution in [1.82, 2.24) is 10.1 Å². The summed E-state index contributed by atoms with van der Waals surface area (Å²) < 4.78 is 21.5. The third-order valence-electron chi connectivity index (χ3n) is 4.55. The molecule has 1 aliphatic heterocycles. The van der Waals surface area contributed by atoms with E-state index in [0.29, 0.717) is 47.6 Å². The van der Waals surface area contributed by atoms with Crippen molar-refractivity contribution in [3.8, 4) is 17.2 Å². The van der Waals surface area contributed by atoms with Crippen molar-refractivity contribution >= 4 is 11.6 Å². The van der Waals surface area contributed by atoms with Crippen LogP contribution in [0.2, 0.25) is 0 Å². The van der Waals surface area contributed by atoms with E-state index in [0.717, 1.165) is 0 Å². The average Bonchev–Trinajstić information content (AvgIpc) is 3.27. The first kappa shape index (κ1) is 19.0. The Kier molecular flexibility index (Phi) is 4.99. The summed E-state index contributed by atoms with van der Waals surface area (Å²) >= 11 is 0. The highest BCUT2D eigenvalue weighted by Crippen LogP contribution is 2.43. The molecule has 0 N–H and O–H groups in total. The average molecular weight is 375 g/mol. The molecule has 8 nitrogen and oxygen atoms in total. The van der Waals surface area contributed by atoms with E-state index >= 15 is 0 Å². The van der Waals surface area contributed by atoms with Crippen LogP contribution in [0.4, 0.5) is 5.69 Å². The van der Waals surface area contributed by atoms with Gasteiger partial charge < -0.3 is 23.6 Å². The second kappa shape index (κ2) is 7.09. The third-order valence-corrected chi connectivity index (χ3v) is 4.55. The number of carbonyl (C=O) groups excluding carboxylic acids is 1. The first-order valence-electron chi connectivity index (χ1n) is 8.73. The predicted molar refractivity (Wildman–Crippen MR) is 98.8 cm³/mol. The molecule has 0 spiro atoms. The van der Waals surface area contributed by atoms with E-state index in [1.54, 1.807) is 38.4 Å². The summed E-state index contributed by atoms with van der Waals surface area (Å²) in [5, 5.41) is 4.06. The summed E-state index contributed by atoms with van der Waals surface area (Å²) in [6, 6.07) is 3.52. The van der Waals surface area contributed by atoms with Gasteiger partial charge in [-0.1, -0.05) is 25.9 Å². The van der Waals surface area contributed by atoms with Gasteiger partial charge in [0.05, 0.1) is 32.9 Å². The number of carbonyl (C=O) groups is 1. The van der Waals surface area contributed by atoms with Crippen LogP contribution in [0.25, 0.3) is 0 Å². The fraction of sp³-hybridized carbons (Fsp3) is 0.526. The maximum atomic E-state index is 12.6. The predicted octanol–water partition coefficient (Wildman–Crippen LogP) is 2.91. The lowest BCUT2D eigenvalue weighted by Gasteiger charge is -2.20. The lowest BCUT2D eigenvalue weighted by molar-refractivity contribution is -0.117. The molecule has 0 radical (unpaired) electrons. The summed E-state index contributed by atoms with van der Waals surface area (Å²) in [6.45, 7) is 6.50. The standard InChI is InChI=1S/C19H25N3O5/c1-19(2,3)18-20-17(27-21-18)11-7-15(23)22(10-11)12-8-13(24-4)16(26-6)14(9-12)25-5/h8-9,11H,7,10H2,1-6H3. The monoisotopic (exact) mass is 375 g/mol. The summed E-state index contributed by atoms with van der Waals surface area (Å²) in [5.41, 5.74) is 0.466. The summed E-state index contributed by atoms with van der Waals surface area (Å²) in [4.78, 5) is 18.8. The van der Waals surface area contributed by atoms with Crippen molar-refractivity contribution < 1.29 is 23.5 Å². The Morgan fingerprint density at radius 2 is 1.74 bits per heavy atom. The molecular weight excluding hydrogens is 350 g/mol. The van der Waals surface area contributed by atoms with Crippen LogP contribution in [0.15, 0.2) is 16.7 Å². The highest BCUT2D eigenvalue weighted by atomic mass is 16.5. The lowest BCUT2D eigenvalue weighted by atomic mass is 9.96. The van der Waals surface area contributed by atoms with Gasteiger partial charge in [0.1, 0.15) is 0 Å². The van der Waals surface area contributed by atoms with Gasteiger partial charge in [0.2, 0.25) is 17.5 Å². The fourth-order valence-corrected chi connectivity index (χ4v) is 3.05. The minimum Gasteiger partial charge on any atom is -0.493 e. The molecule has 3 rings (SSSR count). The molecule has 2 aromatic rings. The van der Waals surface area contributed by atoms with Crippen LogP contribution in [0.5, 0.6) is 17.2 Å². The topological polar surface area (TPSA) is 86.9 Å². The van der Waals surface area contributed by atoms with Crippen molar-refractivity contribution in [1.29, 1.82) is 0 Å². The first-order valence-corrected chi connectivity index (χ1v) is 8.73. The summed E-state index contributed by atoms with van der Waals surface area (Å²) in [7, 11) is 4.63. The van der Waals surface area contributed by atoms with Gasteiger partial charge in [0, 0.05) is 30.5 Å². The summed E-state index contributed by atoms with van der Waals surface area (Å²) in [5.74, 6) is 2.43.